The highest BCUT2D eigenvalue weighted by Crippen LogP contribution is 2.31. The van der Waals surface area contributed by atoms with E-state index in [-0.39, 0.29) is 5.91 Å². The molecule has 0 radical (unpaired) electrons. The number of nitrogens with one attached hydrogen (secondary N) is 1. The highest BCUT2D eigenvalue weighted by Gasteiger charge is 2.30. The molecule has 16 heavy (non-hydrogen) atoms. The molecule has 1 unspecified atom stereocenters. The molecule has 1 atom stereocenters. The van der Waals surface area contributed by atoms with Crippen LogP contribution in [0.15, 0.2) is 24.3 Å². The molecule has 1 aliphatic rings. The van der Waals surface area contributed by atoms with Crippen molar-refractivity contribution in [3.8, 4) is 0 Å². The van der Waals surface area contributed by atoms with Crippen LogP contribution >= 0.6 is 15.9 Å². The standard InChI is InChI=1S/C12H15BrN2O/c1-14-10-4-2-3-5-11(10)15-8-9(7-13)6-12(15)16/h2-5,9,14H,6-8H2,1H3. The number of hydrogen-bond acceptors (Lipinski definition) is 2. The summed E-state index contributed by atoms with van der Waals surface area (Å²) < 4.78 is 0. The molecule has 1 amide bonds. The van der Waals surface area contributed by atoms with Crippen molar-refractivity contribution < 1.29 is 4.79 Å². The molecule has 1 saturated heterocycles. The first kappa shape index (κ1) is 11.5. The van der Waals surface area contributed by atoms with E-state index in [1.165, 1.54) is 0 Å². The van der Waals surface area contributed by atoms with Crippen LogP contribution in [0, 0.1) is 5.92 Å². The summed E-state index contributed by atoms with van der Waals surface area (Å²) in [5, 5.41) is 4.01. The fraction of sp³-hybridized carbons (Fsp3) is 0.417. The Morgan fingerprint density at radius 3 is 2.88 bits per heavy atom. The minimum Gasteiger partial charge on any atom is -0.386 e. The van der Waals surface area contributed by atoms with Crippen LogP contribution in [0.25, 0.3) is 0 Å². The first-order valence-corrected chi connectivity index (χ1v) is 6.51. The van der Waals surface area contributed by atoms with E-state index in [0.29, 0.717) is 12.3 Å². The number of benzene rings is 1. The number of anilines is 2. The highest BCUT2D eigenvalue weighted by atomic mass is 79.9. The van der Waals surface area contributed by atoms with E-state index in [0.717, 1.165) is 23.2 Å². The van der Waals surface area contributed by atoms with Crippen LogP contribution in [0.5, 0.6) is 0 Å². The van der Waals surface area contributed by atoms with Gasteiger partial charge in [0.1, 0.15) is 0 Å². The van der Waals surface area contributed by atoms with Gasteiger partial charge in [-0.05, 0) is 18.1 Å². The number of alkyl halides is 1. The van der Waals surface area contributed by atoms with E-state index >= 15 is 0 Å². The lowest BCUT2D eigenvalue weighted by molar-refractivity contribution is -0.117. The van der Waals surface area contributed by atoms with Crippen LogP contribution in [-0.4, -0.2) is 24.8 Å². The second-order valence-electron chi connectivity index (χ2n) is 4.00. The van der Waals surface area contributed by atoms with Gasteiger partial charge in [-0.25, -0.2) is 0 Å². The predicted molar refractivity (Wildman–Crippen MR) is 70.2 cm³/mol. The van der Waals surface area contributed by atoms with E-state index in [2.05, 4.69) is 21.2 Å². The molecule has 1 fully saturated rings. The minimum absolute atomic E-state index is 0.215. The summed E-state index contributed by atoms with van der Waals surface area (Å²) in [6.07, 6.45) is 0.642. The summed E-state index contributed by atoms with van der Waals surface area (Å²) in [5.74, 6) is 0.643. The quantitative estimate of drug-likeness (QED) is 0.864. The number of para-hydroxylation sites is 2. The van der Waals surface area contributed by atoms with Crippen molar-refractivity contribution in [2.24, 2.45) is 5.92 Å². The molecule has 3 nitrogen and oxygen atoms in total. The third kappa shape index (κ3) is 2.07. The highest BCUT2D eigenvalue weighted by molar-refractivity contribution is 9.09. The lowest BCUT2D eigenvalue weighted by Gasteiger charge is -2.19. The number of rotatable bonds is 3. The Hall–Kier alpha value is -1.03. The second kappa shape index (κ2) is 4.87. The zero-order chi connectivity index (χ0) is 11.5. The van der Waals surface area contributed by atoms with Gasteiger partial charge >= 0.3 is 0 Å². The van der Waals surface area contributed by atoms with Crippen molar-refractivity contribution in [2.75, 3.05) is 29.1 Å². The van der Waals surface area contributed by atoms with E-state index in [9.17, 15) is 4.79 Å². The Balaban J connectivity index is 2.27. The summed E-state index contributed by atoms with van der Waals surface area (Å²) in [5.41, 5.74) is 1.99. The summed E-state index contributed by atoms with van der Waals surface area (Å²) in [4.78, 5) is 13.8. The summed E-state index contributed by atoms with van der Waals surface area (Å²) in [7, 11) is 1.88. The smallest absolute Gasteiger partial charge is 0.227 e. The molecular formula is C12H15BrN2O. The second-order valence-corrected chi connectivity index (χ2v) is 4.64. The van der Waals surface area contributed by atoms with Crippen molar-refractivity contribution in [1.29, 1.82) is 0 Å². The van der Waals surface area contributed by atoms with Crippen LogP contribution in [0.4, 0.5) is 11.4 Å². The SMILES string of the molecule is CNc1ccccc1N1CC(CBr)CC1=O. The normalized spacial score (nSPS) is 20.2. The third-order valence-corrected chi connectivity index (χ3v) is 3.80. The van der Waals surface area contributed by atoms with Crippen molar-refractivity contribution in [2.45, 2.75) is 6.42 Å². The molecule has 0 saturated carbocycles. The molecular weight excluding hydrogens is 268 g/mol. The van der Waals surface area contributed by atoms with E-state index < -0.39 is 0 Å². The number of carbonyl (C=O) groups excluding carboxylic acids is 1. The monoisotopic (exact) mass is 282 g/mol. The van der Waals surface area contributed by atoms with E-state index in [1.54, 1.807) is 0 Å². The van der Waals surface area contributed by atoms with Gasteiger partial charge < -0.3 is 10.2 Å². The van der Waals surface area contributed by atoms with Gasteiger partial charge in [0.05, 0.1) is 11.4 Å². The van der Waals surface area contributed by atoms with E-state index in [1.807, 2.05) is 36.2 Å². The first-order valence-electron chi connectivity index (χ1n) is 5.39. The molecule has 2 rings (SSSR count). The minimum atomic E-state index is 0.215. The van der Waals surface area contributed by atoms with Crippen molar-refractivity contribution in [3.63, 3.8) is 0 Å². The number of carbonyl (C=O) groups is 1. The van der Waals surface area contributed by atoms with Crippen LogP contribution in [0.2, 0.25) is 0 Å². The molecule has 1 aliphatic heterocycles. The summed E-state index contributed by atoms with van der Waals surface area (Å²) >= 11 is 3.44. The number of amides is 1. The third-order valence-electron chi connectivity index (χ3n) is 2.89. The Labute approximate surface area is 104 Å². The largest absolute Gasteiger partial charge is 0.386 e. The lowest BCUT2D eigenvalue weighted by Crippen LogP contribution is -2.25. The zero-order valence-corrected chi connectivity index (χ0v) is 10.8. The molecule has 1 N–H and O–H groups in total. The Morgan fingerprint density at radius 1 is 1.50 bits per heavy atom. The molecule has 0 bridgehead atoms. The fourth-order valence-corrected chi connectivity index (χ4v) is 2.47. The van der Waals surface area contributed by atoms with Crippen molar-refractivity contribution in [1.82, 2.24) is 0 Å². The topological polar surface area (TPSA) is 32.3 Å². The number of halogens is 1. The Kier molecular flexibility index (Phi) is 3.49. The van der Waals surface area contributed by atoms with Gasteiger partial charge in [-0.2, -0.15) is 0 Å². The van der Waals surface area contributed by atoms with Crippen molar-refractivity contribution in [3.05, 3.63) is 24.3 Å². The molecule has 0 spiro atoms. The molecule has 1 heterocycles. The van der Waals surface area contributed by atoms with Gasteiger partial charge in [0, 0.05) is 25.3 Å². The van der Waals surface area contributed by atoms with Gasteiger partial charge in [-0.1, -0.05) is 28.1 Å². The zero-order valence-electron chi connectivity index (χ0n) is 9.24. The first-order chi connectivity index (χ1) is 7.76. The molecule has 0 aliphatic carbocycles. The maximum atomic E-state index is 11.9. The summed E-state index contributed by atoms with van der Waals surface area (Å²) in [6, 6.07) is 7.91. The number of hydrogen-bond donors (Lipinski definition) is 1. The maximum absolute atomic E-state index is 11.9. The maximum Gasteiger partial charge on any atom is 0.227 e. The average molecular weight is 283 g/mol. The lowest BCUT2D eigenvalue weighted by atomic mass is 10.2. The van der Waals surface area contributed by atoms with Crippen molar-refractivity contribution >= 4 is 33.2 Å². The molecule has 1 aromatic carbocycles. The van der Waals surface area contributed by atoms with E-state index in [4.69, 9.17) is 0 Å². The van der Waals surface area contributed by atoms with Crippen LogP contribution in [0.1, 0.15) is 6.42 Å². The van der Waals surface area contributed by atoms with Crippen LogP contribution in [-0.2, 0) is 4.79 Å². The molecule has 1 aromatic rings. The van der Waals surface area contributed by atoms with Gasteiger partial charge in [-0.3, -0.25) is 4.79 Å². The molecule has 86 valence electrons. The van der Waals surface area contributed by atoms with Crippen LogP contribution < -0.4 is 10.2 Å². The van der Waals surface area contributed by atoms with Gasteiger partial charge in [0.25, 0.3) is 0 Å². The number of nitrogens with zero attached hydrogens (tertiary/aromatic N) is 1. The van der Waals surface area contributed by atoms with Gasteiger partial charge in [0.2, 0.25) is 5.91 Å². The summed E-state index contributed by atoms with van der Waals surface area (Å²) in [6.45, 7) is 0.808. The Morgan fingerprint density at radius 2 is 2.25 bits per heavy atom. The molecule has 4 heteroatoms. The van der Waals surface area contributed by atoms with Crippen LogP contribution in [0.3, 0.4) is 0 Å². The fourth-order valence-electron chi connectivity index (χ4n) is 2.04. The Bertz CT molecular complexity index is 394. The van der Waals surface area contributed by atoms with Gasteiger partial charge in [-0.15, -0.1) is 0 Å². The predicted octanol–water partition coefficient (Wildman–Crippen LogP) is 2.48. The molecule has 0 aromatic heterocycles. The van der Waals surface area contributed by atoms with Gasteiger partial charge in [0.15, 0.2) is 0 Å². The average Bonchev–Trinajstić information content (AvgIpc) is 2.70.